The van der Waals surface area contributed by atoms with Gasteiger partial charge >= 0.3 is 0 Å². The number of aliphatic hydroxyl groups is 1. The van der Waals surface area contributed by atoms with Crippen molar-refractivity contribution < 1.29 is 14.2 Å². The summed E-state index contributed by atoms with van der Waals surface area (Å²) in [5.41, 5.74) is 11.3. The number of hydrogen-bond acceptors (Lipinski definition) is 6. The van der Waals surface area contributed by atoms with Crippen molar-refractivity contribution in [3.63, 3.8) is 0 Å². The monoisotopic (exact) mass is 339 g/mol. The number of alkyl halides is 1. The Kier molecular flexibility index (Phi) is 3.74. The highest BCUT2D eigenvalue weighted by atomic mass is 32.1. The second-order valence-electron chi connectivity index (χ2n) is 5.93. The van der Waals surface area contributed by atoms with Gasteiger partial charge in [0.1, 0.15) is 28.6 Å². The molecular formula is C14H18FN5O2S. The van der Waals surface area contributed by atoms with E-state index in [4.69, 9.17) is 28.4 Å². The second-order valence-corrected chi connectivity index (χ2v) is 6.37. The molecule has 5 N–H and O–H groups in total. The summed E-state index contributed by atoms with van der Waals surface area (Å²) in [6, 6.07) is 1.62. The molecule has 7 nitrogen and oxygen atoms in total. The molecule has 0 unspecified atom stereocenters. The normalized spacial score (nSPS) is 30.9. The van der Waals surface area contributed by atoms with Crippen molar-refractivity contribution in [2.24, 2.45) is 11.7 Å². The van der Waals surface area contributed by atoms with Crippen LogP contribution in [-0.2, 0) is 4.74 Å². The first-order valence-electron chi connectivity index (χ1n) is 7.16. The predicted molar refractivity (Wildman–Crippen MR) is 86.7 cm³/mol. The first-order chi connectivity index (χ1) is 10.8. The fraction of sp³-hybridized carbons (Fsp3) is 0.500. The standard InChI is InChI=1S/C14H18FN5O2S/c1-6-9(4-21)22-11(14(6,2)15)8-3-7(13(17)23)10-12(16)18-5-19-20(8)10/h3,5-6,9,11,21H,4H2,1-2H3,(H2,17,23)(H2,16,18,19)/t6-,9-,11+,14-/m1/s1. The Morgan fingerprint density at radius 1 is 1.61 bits per heavy atom. The van der Waals surface area contributed by atoms with Gasteiger partial charge < -0.3 is 21.3 Å². The third-order valence-electron chi connectivity index (χ3n) is 4.60. The van der Waals surface area contributed by atoms with Gasteiger partial charge in [-0.15, -0.1) is 0 Å². The maximum absolute atomic E-state index is 15.2. The van der Waals surface area contributed by atoms with E-state index in [0.717, 1.165) is 0 Å². The summed E-state index contributed by atoms with van der Waals surface area (Å²) in [6.45, 7) is 2.89. The average molecular weight is 339 g/mol. The van der Waals surface area contributed by atoms with Gasteiger partial charge in [0.05, 0.1) is 18.4 Å². The molecule has 0 aromatic carbocycles. The minimum atomic E-state index is -1.70. The van der Waals surface area contributed by atoms with Crippen LogP contribution in [0.15, 0.2) is 12.4 Å². The van der Waals surface area contributed by atoms with E-state index >= 15 is 4.39 Å². The van der Waals surface area contributed by atoms with Crippen LogP contribution in [0.3, 0.4) is 0 Å². The molecule has 124 valence electrons. The molecule has 3 heterocycles. The lowest BCUT2D eigenvalue weighted by Gasteiger charge is -2.24. The van der Waals surface area contributed by atoms with Gasteiger partial charge in [0.15, 0.2) is 5.82 Å². The van der Waals surface area contributed by atoms with Crippen molar-refractivity contribution in [1.29, 1.82) is 0 Å². The van der Waals surface area contributed by atoms with E-state index in [-0.39, 0.29) is 17.4 Å². The zero-order chi connectivity index (χ0) is 16.9. The van der Waals surface area contributed by atoms with Crippen molar-refractivity contribution in [2.45, 2.75) is 31.7 Å². The molecule has 4 atom stereocenters. The largest absolute Gasteiger partial charge is 0.394 e. The van der Waals surface area contributed by atoms with Crippen molar-refractivity contribution in [1.82, 2.24) is 14.6 Å². The van der Waals surface area contributed by atoms with Gasteiger partial charge in [-0.2, -0.15) is 5.10 Å². The van der Waals surface area contributed by atoms with Gasteiger partial charge in [0, 0.05) is 11.5 Å². The van der Waals surface area contributed by atoms with E-state index in [1.54, 1.807) is 13.0 Å². The van der Waals surface area contributed by atoms with E-state index in [1.807, 2.05) is 0 Å². The minimum absolute atomic E-state index is 0.112. The number of fused-ring (bicyclic) bond motifs is 1. The van der Waals surface area contributed by atoms with Gasteiger partial charge in [0.25, 0.3) is 0 Å². The molecule has 0 amide bonds. The highest BCUT2D eigenvalue weighted by Crippen LogP contribution is 2.48. The van der Waals surface area contributed by atoms with Gasteiger partial charge in [-0.05, 0) is 13.0 Å². The molecule has 0 radical (unpaired) electrons. The molecule has 3 rings (SSSR count). The summed E-state index contributed by atoms with van der Waals surface area (Å²) in [4.78, 5) is 4.04. The minimum Gasteiger partial charge on any atom is -0.394 e. The number of aliphatic hydroxyl groups excluding tert-OH is 1. The van der Waals surface area contributed by atoms with Crippen LogP contribution in [0.4, 0.5) is 10.2 Å². The molecule has 0 spiro atoms. The van der Waals surface area contributed by atoms with Crippen molar-refractivity contribution in [3.05, 3.63) is 23.7 Å². The first kappa shape index (κ1) is 16.0. The molecule has 1 aliphatic heterocycles. The van der Waals surface area contributed by atoms with E-state index < -0.39 is 23.8 Å². The number of hydrogen-bond donors (Lipinski definition) is 3. The lowest BCUT2D eigenvalue weighted by atomic mass is 9.86. The third-order valence-corrected chi connectivity index (χ3v) is 4.82. The molecular weight excluding hydrogens is 321 g/mol. The Hall–Kier alpha value is -1.84. The summed E-state index contributed by atoms with van der Waals surface area (Å²) in [5, 5.41) is 13.5. The van der Waals surface area contributed by atoms with E-state index in [2.05, 4.69) is 10.1 Å². The molecule has 2 aromatic heterocycles. The molecule has 1 saturated heterocycles. The zero-order valence-electron chi connectivity index (χ0n) is 12.7. The fourth-order valence-corrected chi connectivity index (χ4v) is 3.21. The Bertz CT molecular complexity index is 778. The van der Waals surface area contributed by atoms with Crippen LogP contribution < -0.4 is 11.5 Å². The molecule has 0 aliphatic carbocycles. The number of nitrogens with zero attached hydrogens (tertiary/aromatic N) is 3. The number of ether oxygens (including phenoxy) is 1. The Morgan fingerprint density at radius 3 is 2.87 bits per heavy atom. The summed E-state index contributed by atoms with van der Waals surface area (Å²) in [7, 11) is 0. The number of halogens is 1. The van der Waals surface area contributed by atoms with Crippen LogP contribution in [0.25, 0.3) is 5.52 Å². The third kappa shape index (κ3) is 2.27. The molecule has 0 saturated carbocycles. The zero-order valence-corrected chi connectivity index (χ0v) is 13.5. The van der Waals surface area contributed by atoms with Crippen LogP contribution in [0.1, 0.15) is 31.2 Å². The highest BCUT2D eigenvalue weighted by molar-refractivity contribution is 7.80. The average Bonchev–Trinajstić information content (AvgIpc) is 2.97. The van der Waals surface area contributed by atoms with Gasteiger partial charge in [-0.25, -0.2) is 13.9 Å². The van der Waals surface area contributed by atoms with Crippen LogP contribution in [-0.4, -0.2) is 43.1 Å². The van der Waals surface area contributed by atoms with Crippen molar-refractivity contribution in [2.75, 3.05) is 12.3 Å². The Labute approximate surface area is 137 Å². The number of anilines is 1. The van der Waals surface area contributed by atoms with Gasteiger partial charge in [-0.1, -0.05) is 19.1 Å². The lowest BCUT2D eigenvalue weighted by Crippen LogP contribution is -2.32. The molecule has 1 fully saturated rings. The number of rotatable bonds is 3. The lowest BCUT2D eigenvalue weighted by molar-refractivity contribution is -0.0200. The summed E-state index contributed by atoms with van der Waals surface area (Å²) in [6.07, 6.45) is -0.264. The quantitative estimate of drug-likeness (QED) is 0.707. The van der Waals surface area contributed by atoms with Crippen molar-refractivity contribution >= 4 is 28.5 Å². The van der Waals surface area contributed by atoms with Crippen LogP contribution in [0.5, 0.6) is 0 Å². The molecule has 9 heteroatoms. The van der Waals surface area contributed by atoms with Gasteiger partial charge in [0.2, 0.25) is 0 Å². The topological polar surface area (TPSA) is 112 Å². The van der Waals surface area contributed by atoms with Crippen LogP contribution in [0, 0.1) is 5.92 Å². The van der Waals surface area contributed by atoms with Gasteiger partial charge in [-0.3, -0.25) is 0 Å². The second kappa shape index (κ2) is 5.36. The maximum atomic E-state index is 15.2. The van der Waals surface area contributed by atoms with E-state index in [1.165, 1.54) is 17.8 Å². The summed E-state index contributed by atoms with van der Waals surface area (Å²) >= 11 is 5.04. The smallest absolute Gasteiger partial charge is 0.152 e. The molecule has 1 aliphatic rings. The van der Waals surface area contributed by atoms with Crippen LogP contribution >= 0.6 is 12.2 Å². The number of aromatic nitrogens is 3. The Balaban J connectivity index is 2.21. The Morgan fingerprint density at radius 2 is 2.30 bits per heavy atom. The number of nitrogens with two attached hydrogens (primary N) is 2. The SMILES string of the molecule is C[C@@H]1[C@@H](CO)O[C@@H](c2cc(C(N)=S)c3c(N)ncnn23)[C@]1(C)F. The maximum Gasteiger partial charge on any atom is 0.152 e. The molecule has 23 heavy (non-hydrogen) atoms. The summed E-state index contributed by atoms with van der Waals surface area (Å²) in [5.74, 6) is -0.296. The molecule has 0 bridgehead atoms. The first-order valence-corrected chi connectivity index (χ1v) is 7.57. The van der Waals surface area contributed by atoms with Crippen LogP contribution in [0.2, 0.25) is 0 Å². The highest BCUT2D eigenvalue weighted by Gasteiger charge is 2.53. The summed E-state index contributed by atoms with van der Waals surface area (Å²) < 4.78 is 22.4. The van der Waals surface area contributed by atoms with Crippen molar-refractivity contribution in [3.8, 4) is 0 Å². The fourth-order valence-electron chi connectivity index (χ4n) is 3.05. The van der Waals surface area contributed by atoms with E-state index in [0.29, 0.717) is 16.8 Å². The van der Waals surface area contributed by atoms with E-state index in [9.17, 15) is 5.11 Å². The molecule has 2 aromatic rings. The number of nitrogen functional groups attached to an aromatic ring is 1. The number of thiocarbonyl (C=S) groups is 1. The predicted octanol–water partition coefficient (Wildman–Crippen LogP) is 0.742.